The van der Waals surface area contributed by atoms with Crippen LogP contribution in [0, 0.1) is 0 Å². The molecule has 0 saturated carbocycles. The first-order valence-electron chi connectivity index (χ1n) is 4.82. The third-order valence-corrected chi connectivity index (χ3v) is 4.08. The zero-order chi connectivity index (χ0) is 10.4. The van der Waals surface area contributed by atoms with Crippen molar-refractivity contribution in [1.82, 2.24) is 0 Å². The van der Waals surface area contributed by atoms with Gasteiger partial charge in [-0.1, -0.05) is 50.1 Å². The van der Waals surface area contributed by atoms with Gasteiger partial charge in [-0.25, -0.2) is 0 Å². The Hall–Kier alpha value is -0.600. The van der Waals surface area contributed by atoms with E-state index in [1.807, 2.05) is 0 Å². The Morgan fingerprint density at radius 3 is 2.67 bits per heavy atom. The molecule has 2 aromatic rings. The molecule has 0 radical (unpaired) electrons. The summed E-state index contributed by atoms with van der Waals surface area (Å²) in [6.07, 6.45) is 1.03. The summed E-state index contributed by atoms with van der Waals surface area (Å²) in [7, 11) is 0. The third kappa shape index (κ3) is 1.47. The van der Waals surface area contributed by atoms with Crippen molar-refractivity contribution in [2.24, 2.45) is 0 Å². The van der Waals surface area contributed by atoms with Gasteiger partial charge in [-0.15, -0.1) is 0 Å². The van der Waals surface area contributed by atoms with Gasteiger partial charge in [0, 0.05) is 8.95 Å². The molecule has 0 unspecified atom stereocenters. The van der Waals surface area contributed by atoms with E-state index >= 15 is 0 Å². The highest BCUT2D eigenvalue weighted by molar-refractivity contribution is 9.10. The molecule has 0 aromatic heterocycles. The van der Waals surface area contributed by atoms with Gasteiger partial charge in [-0.3, -0.25) is 0 Å². The Balaban J connectivity index is 2.28. The van der Waals surface area contributed by atoms with E-state index in [1.165, 1.54) is 26.7 Å². The fourth-order valence-corrected chi connectivity index (χ4v) is 3.07. The maximum atomic E-state index is 3.61. The maximum Gasteiger partial charge on any atom is 0.0216 e. The second-order valence-electron chi connectivity index (χ2n) is 3.74. The number of benzene rings is 2. The monoisotopic (exact) mass is 322 g/mol. The molecule has 2 heteroatoms. The second kappa shape index (κ2) is 3.46. The predicted octanol–water partition coefficient (Wildman–Crippen LogP) is 4.78. The van der Waals surface area contributed by atoms with Crippen LogP contribution >= 0.6 is 31.9 Å². The molecule has 3 rings (SSSR count). The summed E-state index contributed by atoms with van der Waals surface area (Å²) >= 11 is 7.13. The first-order chi connectivity index (χ1) is 7.25. The Kier molecular flexibility index (Phi) is 2.22. The van der Waals surface area contributed by atoms with Gasteiger partial charge < -0.3 is 0 Å². The van der Waals surface area contributed by atoms with Crippen LogP contribution in [0.15, 0.2) is 45.3 Å². The van der Waals surface area contributed by atoms with Crippen LogP contribution in [0.3, 0.4) is 0 Å². The summed E-state index contributed by atoms with van der Waals surface area (Å²) in [5.41, 5.74) is 5.55. The zero-order valence-corrected chi connectivity index (χ0v) is 11.1. The van der Waals surface area contributed by atoms with Crippen LogP contribution in [0.1, 0.15) is 11.1 Å². The first-order valence-corrected chi connectivity index (χ1v) is 6.40. The minimum atomic E-state index is 1.03. The van der Waals surface area contributed by atoms with Gasteiger partial charge in [0.15, 0.2) is 0 Å². The number of fused-ring (bicyclic) bond motifs is 3. The summed E-state index contributed by atoms with van der Waals surface area (Å²) < 4.78 is 2.37. The standard InChI is InChI=1S/C13H8Br2/c14-9-4-5-10-8(6-9)7-12-11(10)2-1-3-13(12)15/h1-6H,7H2. The average molecular weight is 324 g/mol. The summed E-state index contributed by atoms with van der Waals surface area (Å²) in [5, 5.41) is 0. The van der Waals surface area contributed by atoms with E-state index in [2.05, 4.69) is 68.3 Å². The van der Waals surface area contributed by atoms with E-state index in [0.29, 0.717) is 0 Å². The lowest BCUT2D eigenvalue weighted by atomic mass is 10.1. The lowest BCUT2D eigenvalue weighted by Gasteiger charge is -2.01. The van der Waals surface area contributed by atoms with Gasteiger partial charge in [-0.05, 0) is 46.9 Å². The van der Waals surface area contributed by atoms with Crippen molar-refractivity contribution in [3.63, 3.8) is 0 Å². The van der Waals surface area contributed by atoms with E-state index in [1.54, 1.807) is 0 Å². The Bertz CT molecular complexity index is 544. The number of hydrogen-bond donors (Lipinski definition) is 0. The molecule has 0 heterocycles. The minimum absolute atomic E-state index is 1.03. The molecule has 0 spiro atoms. The van der Waals surface area contributed by atoms with E-state index < -0.39 is 0 Å². The quantitative estimate of drug-likeness (QED) is 0.558. The lowest BCUT2D eigenvalue weighted by Crippen LogP contribution is -1.81. The molecule has 1 aliphatic carbocycles. The van der Waals surface area contributed by atoms with Crippen LogP contribution < -0.4 is 0 Å². The molecule has 15 heavy (non-hydrogen) atoms. The second-order valence-corrected chi connectivity index (χ2v) is 5.51. The maximum absolute atomic E-state index is 3.61. The molecule has 0 bridgehead atoms. The van der Waals surface area contributed by atoms with Gasteiger partial charge >= 0.3 is 0 Å². The summed E-state index contributed by atoms with van der Waals surface area (Å²) in [6.45, 7) is 0. The zero-order valence-electron chi connectivity index (χ0n) is 7.93. The van der Waals surface area contributed by atoms with Crippen LogP contribution in [0.5, 0.6) is 0 Å². The number of hydrogen-bond acceptors (Lipinski definition) is 0. The van der Waals surface area contributed by atoms with Crippen molar-refractivity contribution < 1.29 is 0 Å². The van der Waals surface area contributed by atoms with Crippen LogP contribution in [0.2, 0.25) is 0 Å². The molecule has 0 atom stereocenters. The summed E-state index contributed by atoms with van der Waals surface area (Å²) in [5.74, 6) is 0. The summed E-state index contributed by atoms with van der Waals surface area (Å²) in [6, 6.07) is 12.9. The van der Waals surface area contributed by atoms with Gasteiger partial charge in [0.1, 0.15) is 0 Å². The van der Waals surface area contributed by atoms with Gasteiger partial charge in [0.05, 0.1) is 0 Å². The van der Waals surface area contributed by atoms with Crippen LogP contribution in [-0.4, -0.2) is 0 Å². The Morgan fingerprint density at radius 2 is 1.80 bits per heavy atom. The highest BCUT2D eigenvalue weighted by Crippen LogP contribution is 2.40. The highest BCUT2D eigenvalue weighted by Gasteiger charge is 2.19. The SMILES string of the molecule is Brc1ccc2c(c1)Cc1c(Br)cccc1-2. The fraction of sp³-hybridized carbons (Fsp3) is 0.0769. The van der Waals surface area contributed by atoms with E-state index in [-0.39, 0.29) is 0 Å². The smallest absolute Gasteiger partial charge is 0.0216 e. The molecule has 0 nitrogen and oxygen atoms in total. The molecule has 0 saturated heterocycles. The van der Waals surface area contributed by atoms with Crippen molar-refractivity contribution >= 4 is 31.9 Å². The summed E-state index contributed by atoms with van der Waals surface area (Å²) in [4.78, 5) is 0. The van der Waals surface area contributed by atoms with Crippen LogP contribution in [0.25, 0.3) is 11.1 Å². The number of halogens is 2. The molecule has 0 fully saturated rings. The van der Waals surface area contributed by atoms with Crippen molar-refractivity contribution in [2.75, 3.05) is 0 Å². The Labute approximate surface area is 106 Å². The van der Waals surface area contributed by atoms with Crippen molar-refractivity contribution in [1.29, 1.82) is 0 Å². The van der Waals surface area contributed by atoms with Crippen LogP contribution in [0.4, 0.5) is 0 Å². The predicted molar refractivity (Wildman–Crippen MR) is 70.1 cm³/mol. The van der Waals surface area contributed by atoms with Gasteiger partial charge in [0.25, 0.3) is 0 Å². The minimum Gasteiger partial charge on any atom is -0.0605 e. The third-order valence-electron chi connectivity index (χ3n) is 2.84. The average Bonchev–Trinajstić information content (AvgIpc) is 2.57. The normalized spacial score (nSPS) is 12.4. The van der Waals surface area contributed by atoms with E-state index in [0.717, 1.165) is 10.9 Å². The van der Waals surface area contributed by atoms with Crippen LogP contribution in [-0.2, 0) is 6.42 Å². The van der Waals surface area contributed by atoms with Crippen molar-refractivity contribution in [3.05, 3.63) is 56.5 Å². The first kappa shape index (κ1) is 9.61. The highest BCUT2D eigenvalue weighted by atomic mass is 79.9. The van der Waals surface area contributed by atoms with Gasteiger partial charge in [-0.2, -0.15) is 0 Å². The lowest BCUT2D eigenvalue weighted by molar-refractivity contribution is 1.24. The van der Waals surface area contributed by atoms with E-state index in [4.69, 9.17) is 0 Å². The number of rotatable bonds is 0. The van der Waals surface area contributed by atoms with Crippen molar-refractivity contribution in [2.45, 2.75) is 6.42 Å². The molecule has 74 valence electrons. The Morgan fingerprint density at radius 1 is 0.933 bits per heavy atom. The van der Waals surface area contributed by atoms with Crippen molar-refractivity contribution in [3.8, 4) is 11.1 Å². The molecular formula is C13H8Br2. The molecule has 2 aromatic carbocycles. The molecule has 1 aliphatic rings. The topological polar surface area (TPSA) is 0 Å². The fourth-order valence-electron chi connectivity index (χ4n) is 2.15. The molecular weight excluding hydrogens is 316 g/mol. The molecule has 0 aliphatic heterocycles. The molecule has 0 N–H and O–H groups in total. The van der Waals surface area contributed by atoms with E-state index in [9.17, 15) is 0 Å². The molecule has 0 amide bonds. The van der Waals surface area contributed by atoms with Gasteiger partial charge in [0.2, 0.25) is 0 Å². The largest absolute Gasteiger partial charge is 0.0605 e.